The molecule has 1 aromatic heterocycles. The number of rotatable bonds is 6. The van der Waals surface area contributed by atoms with Gasteiger partial charge in [-0.1, -0.05) is 6.92 Å². The summed E-state index contributed by atoms with van der Waals surface area (Å²) in [7, 11) is 0. The van der Waals surface area contributed by atoms with E-state index in [9.17, 15) is 10.1 Å². The van der Waals surface area contributed by atoms with Crippen molar-refractivity contribution in [3.8, 4) is 11.8 Å². The monoisotopic (exact) mass is 344 g/mol. The molecule has 2 rings (SSSR count). The third-order valence-corrected chi connectivity index (χ3v) is 4.17. The van der Waals surface area contributed by atoms with E-state index in [1.807, 2.05) is 26.2 Å². The van der Waals surface area contributed by atoms with Crippen molar-refractivity contribution in [1.29, 1.82) is 5.26 Å². The second-order valence-corrected chi connectivity index (χ2v) is 6.52. The Labute approximate surface area is 145 Å². The molecule has 0 aliphatic heterocycles. The van der Waals surface area contributed by atoms with Crippen molar-refractivity contribution in [1.82, 2.24) is 10.3 Å². The summed E-state index contributed by atoms with van der Waals surface area (Å²) in [4.78, 5) is 16.2. The number of ether oxygens (including phenoxy) is 1. The topological polar surface area (TPSA) is 87.0 Å². The normalized spacial score (nSPS) is 11.6. The van der Waals surface area contributed by atoms with Crippen LogP contribution in [0.3, 0.4) is 0 Å². The van der Waals surface area contributed by atoms with Gasteiger partial charge in [0.1, 0.15) is 11.8 Å². The second kappa shape index (κ2) is 8.31. The van der Waals surface area contributed by atoms with E-state index in [4.69, 9.17) is 4.74 Å². The zero-order chi connectivity index (χ0) is 17.5. The van der Waals surface area contributed by atoms with E-state index in [1.165, 1.54) is 0 Å². The Hall–Kier alpha value is -2.59. The summed E-state index contributed by atoms with van der Waals surface area (Å²) in [6.45, 7) is 6.28. The fraction of sp³-hybridized carbons (Fsp3) is 0.353. The Morgan fingerprint density at radius 3 is 2.83 bits per heavy atom. The van der Waals surface area contributed by atoms with Crippen LogP contribution in [0.5, 0.6) is 5.75 Å². The van der Waals surface area contributed by atoms with Crippen LogP contribution in [0.4, 0.5) is 10.5 Å². The number of aromatic nitrogens is 1. The molecule has 2 amide bonds. The minimum Gasteiger partial charge on any atom is -0.490 e. The Bertz CT molecular complexity index is 723. The average Bonchev–Trinajstić information content (AvgIpc) is 3.08. The molecule has 0 bridgehead atoms. The highest BCUT2D eigenvalue weighted by Gasteiger charge is 2.11. The lowest BCUT2D eigenvalue weighted by Gasteiger charge is -2.14. The lowest BCUT2D eigenvalue weighted by atomic mass is 10.2. The van der Waals surface area contributed by atoms with E-state index < -0.39 is 0 Å². The van der Waals surface area contributed by atoms with Gasteiger partial charge in [0.05, 0.1) is 16.7 Å². The lowest BCUT2D eigenvalue weighted by Crippen LogP contribution is -2.31. The van der Waals surface area contributed by atoms with E-state index in [2.05, 4.69) is 21.7 Å². The van der Waals surface area contributed by atoms with Gasteiger partial charge in [0.2, 0.25) is 0 Å². The van der Waals surface area contributed by atoms with Gasteiger partial charge in [-0.05, 0) is 32.0 Å². The van der Waals surface area contributed by atoms with Gasteiger partial charge < -0.3 is 15.4 Å². The van der Waals surface area contributed by atoms with Crippen molar-refractivity contribution in [2.24, 2.45) is 0 Å². The molecule has 126 valence electrons. The van der Waals surface area contributed by atoms with Crippen molar-refractivity contribution in [2.45, 2.75) is 32.8 Å². The minimum atomic E-state index is -0.320. The predicted molar refractivity (Wildman–Crippen MR) is 94.5 cm³/mol. The van der Waals surface area contributed by atoms with Gasteiger partial charge in [-0.2, -0.15) is 5.26 Å². The summed E-state index contributed by atoms with van der Waals surface area (Å²) in [5, 5.41) is 17.6. The maximum Gasteiger partial charge on any atom is 0.319 e. The summed E-state index contributed by atoms with van der Waals surface area (Å²) in [5.41, 5.74) is 0.930. The predicted octanol–water partition coefficient (Wildman–Crippen LogP) is 3.73. The number of nitrogens with zero attached hydrogens (tertiary/aromatic N) is 2. The molecule has 6 nitrogen and oxygen atoms in total. The zero-order valence-electron chi connectivity index (χ0n) is 13.9. The highest BCUT2D eigenvalue weighted by molar-refractivity contribution is 7.09. The first-order chi connectivity index (χ1) is 11.5. The summed E-state index contributed by atoms with van der Waals surface area (Å²) >= 11 is 1.57. The Morgan fingerprint density at radius 1 is 1.42 bits per heavy atom. The Balaban J connectivity index is 1.93. The molecular weight excluding hydrogens is 324 g/mol. The molecule has 1 aromatic carbocycles. The Morgan fingerprint density at radius 2 is 2.21 bits per heavy atom. The summed E-state index contributed by atoms with van der Waals surface area (Å²) in [5.74, 6) is 0.656. The number of thiazole rings is 1. The SMILES string of the molecule is CC(C)Oc1ccc(NC(=O)NCC(C)c2nccs2)cc1C#N. The third kappa shape index (κ3) is 4.96. The number of anilines is 1. The third-order valence-electron chi connectivity index (χ3n) is 3.16. The van der Waals surface area contributed by atoms with Gasteiger partial charge in [0.25, 0.3) is 0 Å². The van der Waals surface area contributed by atoms with Crippen molar-refractivity contribution < 1.29 is 9.53 Å². The van der Waals surface area contributed by atoms with Crippen LogP contribution in [0.1, 0.15) is 37.3 Å². The molecule has 7 heteroatoms. The number of carbonyl (C=O) groups is 1. The number of hydrogen-bond acceptors (Lipinski definition) is 5. The lowest BCUT2D eigenvalue weighted by molar-refractivity contribution is 0.241. The number of hydrogen-bond donors (Lipinski definition) is 2. The number of carbonyl (C=O) groups excluding carboxylic acids is 1. The summed E-state index contributed by atoms with van der Waals surface area (Å²) in [6.07, 6.45) is 1.73. The van der Waals surface area contributed by atoms with Crippen LogP contribution in [0.25, 0.3) is 0 Å². The van der Waals surface area contributed by atoms with Crippen molar-refractivity contribution in [3.63, 3.8) is 0 Å². The van der Waals surface area contributed by atoms with Gasteiger partial charge in [0.15, 0.2) is 0 Å². The Kier molecular flexibility index (Phi) is 6.15. The highest BCUT2D eigenvalue weighted by Crippen LogP contribution is 2.23. The molecule has 0 saturated heterocycles. The van der Waals surface area contributed by atoms with Crippen molar-refractivity contribution in [3.05, 3.63) is 40.3 Å². The maximum absolute atomic E-state index is 12.0. The van der Waals surface area contributed by atoms with Crippen LogP contribution < -0.4 is 15.4 Å². The minimum absolute atomic E-state index is 0.0217. The van der Waals surface area contributed by atoms with E-state index in [1.54, 1.807) is 35.7 Å². The van der Waals surface area contributed by atoms with E-state index in [-0.39, 0.29) is 18.1 Å². The standard InChI is InChI=1S/C17H20N4O2S/c1-11(2)23-15-5-4-14(8-13(15)9-18)21-17(22)20-10-12(3)16-19-6-7-24-16/h4-8,11-12H,10H2,1-3H3,(H2,20,21,22). The number of benzene rings is 1. The smallest absolute Gasteiger partial charge is 0.319 e. The number of amides is 2. The number of nitriles is 1. The second-order valence-electron chi connectivity index (χ2n) is 5.60. The first-order valence-electron chi connectivity index (χ1n) is 7.64. The number of urea groups is 1. The summed E-state index contributed by atoms with van der Waals surface area (Å²) < 4.78 is 5.56. The first-order valence-corrected chi connectivity index (χ1v) is 8.52. The van der Waals surface area contributed by atoms with Gasteiger partial charge in [0, 0.05) is 29.7 Å². The summed E-state index contributed by atoms with van der Waals surface area (Å²) in [6, 6.07) is 6.76. The molecule has 0 saturated carbocycles. The van der Waals surface area contributed by atoms with Gasteiger partial charge in [-0.15, -0.1) is 11.3 Å². The van der Waals surface area contributed by atoms with E-state index >= 15 is 0 Å². The maximum atomic E-state index is 12.0. The number of nitrogens with one attached hydrogen (secondary N) is 2. The van der Waals surface area contributed by atoms with E-state index in [0.717, 1.165) is 5.01 Å². The molecule has 2 aromatic rings. The van der Waals surface area contributed by atoms with Crippen molar-refractivity contribution in [2.75, 3.05) is 11.9 Å². The van der Waals surface area contributed by atoms with Crippen molar-refractivity contribution >= 4 is 23.1 Å². The fourth-order valence-corrected chi connectivity index (χ4v) is 2.74. The van der Waals surface area contributed by atoms with Gasteiger partial charge in [-0.25, -0.2) is 9.78 Å². The first kappa shape index (κ1) is 17.8. The van der Waals surface area contributed by atoms with Crippen LogP contribution in [0, 0.1) is 11.3 Å². The average molecular weight is 344 g/mol. The molecule has 0 aliphatic carbocycles. The molecule has 1 heterocycles. The molecule has 0 fully saturated rings. The van der Waals surface area contributed by atoms with E-state index in [0.29, 0.717) is 23.5 Å². The molecule has 1 unspecified atom stereocenters. The van der Waals surface area contributed by atoms with Crippen LogP contribution >= 0.6 is 11.3 Å². The van der Waals surface area contributed by atoms with Gasteiger partial charge in [-0.3, -0.25) is 0 Å². The zero-order valence-corrected chi connectivity index (χ0v) is 14.7. The van der Waals surface area contributed by atoms with Gasteiger partial charge >= 0.3 is 6.03 Å². The van der Waals surface area contributed by atoms with Crippen LogP contribution in [0.2, 0.25) is 0 Å². The fourth-order valence-electron chi connectivity index (χ4n) is 2.04. The largest absolute Gasteiger partial charge is 0.490 e. The highest BCUT2D eigenvalue weighted by atomic mass is 32.1. The van der Waals surface area contributed by atoms with Crippen LogP contribution in [-0.4, -0.2) is 23.7 Å². The molecular formula is C17H20N4O2S. The molecule has 1 atom stereocenters. The molecule has 0 spiro atoms. The van der Waals surface area contributed by atoms with Crippen LogP contribution in [-0.2, 0) is 0 Å². The molecule has 2 N–H and O–H groups in total. The molecule has 0 aliphatic rings. The van der Waals surface area contributed by atoms with Crippen LogP contribution in [0.15, 0.2) is 29.8 Å². The molecule has 0 radical (unpaired) electrons. The molecule has 24 heavy (non-hydrogen) atoms. The quantitative estimate of drug-likeness (QED) is 0.836.